The summed E-state index contributed by atoms with van der Waals surface area (Å²) in [6.45, 7) is 7.22. The Balaban J connectivity index is 2.50. The van der Waals surface area contributed by atoms with Gasteiger partial charge in [0.2, 0.25) is 6.41 Å². The van der Waals surface area contributed by atoms with E-state index < -0.39 is 0 Å². The van der Waals surface area contributed by atoms with Gasteiger partial charge in [-0.3, -0.25) is 9.69 Å². The maximum atomic E-state index is 11.0. The average molecular weight is 302 g/mol. The summed E-state index contributed by atoms with van der Waals surface area (Å²) in [4.78, 5) is 13.3. The Morgan fingerprint density at radius 2 is 2.27 bits per heavy atom. The van der Waals surface area contributed by atoms with Crippen molar-refractivity contribution in [1.29, 1.82) is 0 Å². The van der Waals surface area contributed by atoms with E-state index in [0.29, 0.717) is 6.04 Å². The molecular formula is C17H26N4O. The number of aromatic nitrogens is 2. The van der Waals surface area contributed by atoms with Crippen molar-refractivity contribution < 1.29 is 4.79 Å². The fraction of sp³-hybridized carbons (Fsp3) is 0.529. The Kier molecular flexibility index (Phi) is 5.55. The zero-order chi connectivity index (χ0) is 16.1. The van der Waals surface area contributed by atoms with E-state index in [0.717, 1.165) is 48.6 Å². The molecule has 0 radical (unpaired) electrons. The summed E-state index contributed by atoms with van der Waals surface area (Å²) in [5, 5.41) is 7.67. The highest BCUT2D eigenvalue weighted by Gasteiger charge is 2.29. The molecule has 2 rings (SSSR count). The van der Waals surface area contributed by atoms with Crippen LogP contribution in [0.25, 0.3) is 5.70 Å². The highest BCUT2D eigenvalue weighted by atomic mass is 16.1. The van der Waals surface area contributed by atoms with Gasteiger partial charge in [-0.2, -0.15) is 5.10 Å². The fourth-order valence-electron chi connectivity index (χ4n) is 3.06. The van der Waals surface area contributed by atoms with Crippen LogP contribution < -0.4 is 5.32 Å². The second kappa shape index (κ2) is 7.40. The van der Waals surface area contributed by atoms with Crippen molar-refractivity contribution in [3.63, 3.8) is 0 Å². The fourth-order valence-corrected chi connectivity index (χ4v) is 3.06. The van der Waals surface area contributed by atoms with Gasteiger partial charge in [-0.25, -0.2) is 4.68 Å². The standard InChI is InChI=1S/C17H26N4O/c1-5-7-9-14(6-2)21-17(18-12-22)13(3)16(19-21)15-10-8-11-20(15)4/h5,7,9,12,15H,6,8,10-11H2,1-4H3,(H,18,22)/b7-5-,14-9+. The molecule has 1 amide bonds. The summed E-state index contributed by atoms with van der Waals surface area (Å²) >= 11 is 0. The molecule has 5 nitrogen and oxygen atoms in total. The molecule has 22 heavy (non-hydrogen) atoms. The van der Waals surface area contributed by atoms with Crippen molar-refractivity contribution in [2.24, 2.45) is 0 Å². The first-order chi connectivity index (χ1) is 10.6. The summed E-state index contributed by atoms with van der Waals surface area (Å²) in [5.74, 6) is 0.780. The first kappa shape index (κ1) is 16.5. The molecule has 0 aliphatic carbocycles. The van der Waals surface area contributed by atoms with Gasteiger partial charge in [0.25, 0.3) is 0 Å². The first-order valence-corrected chi connectivity index (χ1v) is 7.96. The van der Waals surface area contributed by atoms with Gasteiger partial charge in [0.1, 0.15) is 5.82 Å². The van der Waals surface area contributed by atoms with Gasteiger partial charge in [-0.1, -0.05) is 19.1 Å². The van der Waals surface area contributed by atoms with Crippen molar-refractivity contribution in [1.82, 2.24) is 14.7 Å². The number of amides is 1. The van der Waals surface area contributed by atoms with Crippen molar-refractivity contribution >= 4 is 17.9 Å². The zero-order valence-electron chi connectivity index (χ0n) is 14.0. The third kappa shape index (κ3) is 3.14. The largest absolute Gasteiger partial charge is 0.313 e. The lowest BCUT2D eigenvalue weighted by atomic mass is 10.1. The predicted molar refractivity (Wildman–Crippen MR) is 90.6 cm³/mol. The van der Waals surface area contributed by atoms with Crippen LogP contribution in [0.3, 0.4) is 0 Å². The summed E-state index contributed by atoms with van der Waals surface area (Å²) in [7, 11) is 2.14. The Hall–Kier alpha value is -1.88. The van der Waals surface area contributed by atoms with Crippen LogP contribution in [0.5, 0.6) is 0 Å². The number of carbonyl (C=O) groups excluding carboxylic acids is 1. The molecule has 5 heteroatoms. The molecule has 1 N–H and O–H groups in total. The second-order valence-electron chi connectivity index (χ2n) is 5.71. The van der Waals surface area contributed by atoms with Crippen LogP contribution in [-0.4, -0.2) is 34.7 Å². The zero-order valence-corrected chi connectivity index (χ0v) is 14.0. The monoisotopic (exact) mass is 302 g/mol. The highest BCUT2D eigenvalue weighted by molar-refractivity contribution is 5.74. The van der Waals surface area contributed by atoms with Crippen LogP contribution in [0.2, 0.25) is 0 Å². The maximum Gasteiger partial charge on any atom is 0.212 e. The number of nitrogens with one attached hydrogen (secondary N) is 1. The Bertz CT molecular complexity index is 586. The van der Waals surface area contributed by atoms with E-state index in [1.807, 2.05) is 36.8 Å². The molecule has 120 valence electrons. The number of rotatable bonds is 6. The van der Waals surface area contributed by atoms with E-state index in [1.54, 1.807) is 0 Å². The summed E-state index contributed by atoms with van der Waals surface area (Å²) in [6.07, 6.45) is 9.93. The summed E-state index contributed by atoms with van der Waals surface area (Å²) < 4.78 is 1.88. The predicted octanol–water partition coefficient (Wildman–Crippen LogP) is 3.35. The van der Waals surface area contributed by atoms with E-state index in [-0.39, 0.29) is 0 Å². The third-order valence-corrected chi connectivity index (χ3v) is 4.31. The minimum Gasteiger partial charge on any atom is -0.313 e. The number of hydrogen-bond acceptors (Lipinski definition) is 3. The van der Waals surface area contributed by atoms with Crippen molar-refractivity contribution in [3.8, 4) is 0 Å². The lowest BCUT2D eigenvalue weighted by Gasteiger charge is -2.17. The molecule has 0 bridgehead atoms. The van der Waals surface area contributed by atoms with Crippen LogP contribution in [0.1, 0.15) is 50.4 Å². The molecule has 1 aromatic heterocycles. The molecular weight excluding hydrogens is 276 g/mol. The van der Waals surface area contributed by atoms with Crippen LogP contribution in [0.4, 0.5) is 5.82 Å². The lowest BCUT2D eigenvalue weighted by molar-refractivity contribution is -0.105. The second-order valence-corrected chi connectivity index (χ2v) is 5.71. The van der Waals surface area contributed by atoms with Gasteiger partial charge in [-0.05, 0) is 52.8 Å². The van der Waals surface area contributed by atoms with Crippen molar-refractivity contribution in [3.05, 3.63) is 29.5 Å². The van der Waals surface area contributed by atoms with Crippen LogP contribution in [0.15, 0.2) is 18.2 Å². The van der Waals surface area contributed by atoms with E-state index in [9.17, 15) is 4.79 Å². The average Bonchev–Trinajstić information content (AvgIpc) is 3.06. The van der Waals surface area contributed by atoms with Crippen LogP contribution in [-0.2, 0) is 4.79 Å². The van der Waals surface area contributed by atoms with E-state index in [1.165, 1.54) is 6.42 Å². The van der Waals surface area contributed by atoms with E-state index >= 15 is 0 Å². The first-order valence-electron chi connectivity index (χ1n) is 7.96. The Morgan fingerprint density at radius 1 is 1.50 bits per heavy atom. The molecule has 1 aromatic rings. The number of carbonyl (C=O) groups is 1. The lowest BCUT2D eigenvalue weighted by Crippen LogP contribution is -2.18. The molecule has 0 spiro atoms. The normalized spacial score (nSPS) is 20.0. The van der Waals surface area contributed by atoms with Crippen LogP contribution >= 0.6 is 0 Å². The molecule has 1 saturated heterocycles. The highest BCUT2D eigenvalue weighted by Crippen LogP contribution is 2.35. The minimum absolute atomic E-state index is 0.341. The maximum absolute atomic E-state index is 11.0. The smallest absolute Gasteiger partial charge is 0.212 e. The van der Waals surface area contributed by atoms with E-state index in [2.05, 4.69) is 24.2 Å². The van der Waals surface area contributed by atoms with Crippen LogP contribution in [0, 0.1) is 6.92 Å². The number of anilines is 1. The SMILES string of the molecule is C/C=C\C=C(/CC)n1nc(C2CCCN2C)c(C)c1NC=O. The molecule has 0 saturated carbocycles. The van der Waals surface area contributed by atoms with Crippen molar-refractivity contribution in [2.45, 2.75) is 46.1 Å². The quantitative estimate of drug-likeness (QED) is 0.647. The summed E-state index contributed by atoms with van der Waals surface area (Å²) in [5.41, 5.74) is 3.20. The van der Waals surface area contributed by atoms with Gasteiger partial charge >= 0.3 is 0 Å². The molecule has 2 heterocycles. The number of likely N-dealkylation sites (tertiary alicyclic amines) is 1. The third-order valence-electron chi connectivity index (χ3n) is 4.31. The topological polar surface area (TPSA) is 50.2 Å². The van der Waals surface area contributed by atoms with Gasteiger partial charge in [0.05, 0.1) is 11.7 Å². The molecule has 1 aliphatic heterocycles. The Morgan fingerprint density at radius 3 is 2.82 bits per heavy atom. The number of nitrogens with zero attached hydrogens (tertiary/aromatic N) is 3. The molecule has 0 aromatic carbocycles. The molecule has 1 aliphatic rings. The summed E-state index contributed by atoms with van der Waals surface area (Å²) in [6, 6.07) is 0.341. The molecule has 1 atom stereocenters. The van der Waals surface area contributed by atoms with Crippen molar-refractivity contribution in [2.75, 3.05) is 18.9 Å². The number of allylic oxidation sites excluding steroid dienone is 4. The Labute approximate surface area is 132 Å². The minimum atomic E-state index is 0.341. The van der Waals surface area contributed by atoms with Gasteiger partial charge < -0.3 is 5.32 Å². The van der Waals surface area contributed by atoms with E-state index in [4.69, 9.17) is 5.10 Å². The molecule has 1 fully saturated rings. The van der Waals surface area contributed by atoms with Gasteiger partial charge in [0, 0.05) is 11.3 Å². The van der Waals surface area contributed by atoms with Gasteiger partial charge in [-0.15, -0.1) is 0 Å². The molecule has 1 unspecified atom stereocenters. The number of hydrogen-bond donors (Lipinski definition) is 1. The van der Waals surface area contributed by atoms with Gasteiger partial charge in [0.15, 0.2) is 0 Å².